The molecule has 2 rings (SSSR count). The van der Waals surface area contributed by atoms with Crippen molar-refractivity contribution in [2.75, 3.05) is 7.11 Å². The van der Waals surface area contributed by atoms with Gasteiger partial charge in [0.15, 0.2) is 0 Å². The molecule has 1 unspecified atom stereocenters. The molecule has 1 aromatic heterocycles. The van der Waals surface area contributed by atoms with Gasteiger partial charge in [-0.05, 0) is 48.2 Å². The maximum atomic E-state index is 5.70. The minimum atomic E-state index is -0.111. The minimum Gasteiger partial charge on any atom is -0.496 e. The van der Waals surface area contributed by atoms with Crippen LogP contribution in [-0.2, 0) is 0 Å². The molecule has 0 aliphatic carbocycles. The van der Waals surface area contributed by atoms with Crippen LogP contribution in [0.4, 0.5) is 0 Å². The monoisotopic (exact) mass is 258 g/mol. The van der Waals surface area contributed by atoms with Gasteiger partial charge in [-0.3, -0.25) is 5.84 Å². The smallest absolute Gasteiger partial charge is 0.122 e. The standard InChI is InChI=1S/C14H18N4O/c1-9-7-13(19-3)10(2)6-12(9)14(18-15)11-4-5-16-17-8-11/h4-8,14,18H,15H2,1-3H3. The van der Waals surface area contributed by atoms with E-state index < -0.39 is 0 Å². The molecule has 0 saturated heterocycles. The van der Waals surface area contributed by atoms with E-state index in [0.29, 0.717) is 0 Å². The molecular weight excluding hydrogens is 240 g/mol. The number of ether oxygens (including phenoxy) is 1. The van der Waals surface area contributed by atoms with Crippen LogP contribution in [0.3, 0.4) is 0 Å². The van der Waals surface area contributed by atoms with Gasteiger partial charge in [-0.25, -0.2) is 5.43 Å². The SMILES string of the molecule is COc1cc(C)c(C(NN)c2ccnnc2)cc1C. The van der Waals surface area contributed by atoms with E-state index in [-0.39, 0.29) is 6.04 Å². The Balaban J connectivity index is 2.47. The molecule has 1 aromatic carbocycles. The zero-order valence-electron chi connectivity index (χ0n) is 11.3. The molecule has 0 spiro atoms. The number of nitrogens with one attached hydrogen (secondary N) is 1. The number of hydrazine groups is 1. The number of hydrogen-bond acceptors (Lipinski definition) is 5. The molecule has 2 aromatic rings. The number of methoxy groups -OCH3 is 1. The Morgan fingerprint density at radius 3 is 2.58 bits per heavy atom. The van der Waals surface area contributed by atoms with Crippen molar-refractivity contribution >= 4 is 0 Å². The molecule has 100 valence electrons. The highest BCUT2D eigenvalue weighted by molar-refractivity contribution is 5.45. The van der Waals surface area contributed by atoms with Crippen molar-refractivity contribution in [2.45, 2.75) is 19.9 Å². The van der Waals surface area contributed by atoms with E-state index >= 15 is 0 Å². The molecule has 0 aliphatic rings. The Bertz CT molecular complexity index is 557. The summed E-state index contributed by atoms with van der Waals surface area (Å²) in [4.78, 5) is 0. The summed E-state index contributed by atoms with van der Waals surface area (Å²) in [7, 11) is 1.67. The Hall–Kier alpha value is -1.98. The van der Waals surface area contributed by atoms with Gasteiger partial charge in [-0.1, -0.05) is 6.07 Å². The van der Waals surface area contributed by atoms with Crippen LogP contribution in [0.25, 0.3) is 0 Å². The van der Waals surface area contributed by atoms with Crippen LogP contribution in [0.15, 0.2) is 30.6 Å². The lowest BCUT2D eigenvalue weighted by molar-refractivity contribution is 0.411. The molecule has 1 heterocycles. The van der Waals surface area contributed by atoms with Crippen molar-refractivity contribution in [1.29, 1.82) is 0 Å². The molecule has 0 amide bonds. The highest BCUT2D eigenvalue weighted by Gasteiger charge is 2.16. The molecule has 5 nitrogen and oxygen atoms in total. The Morgan fingerprint density at radius 1 is 1.21 bits per heavy atom. The van der Waals surface area contributed by atoms with Crippen LogP contribution in [0.5, 0.6) is 5.75 Å². The highest BCUT2D eigenvalue weighted by atomic mass is 16.5. The van der Waals surface area contributed by atoms with Gasteiger partial charge in [-0.2, -0.15) is 10.2 Å². The number of aryl methyl sites for hydroxylation is 2. The summed E-state index contributed by atoms with van der Waals surface area (Å²) in [6.07, 6.45) is 3.37. The molecule has 0 aliphatic heterocycles. The van der Waals surface area contributed by atoms with Gasteiger partial charge < -0.3 is 4.74 Å². The second-order valence-corrected chi connectivity index (χ2v) is 4.45. The number of benzene rings is 1. The van der Waals surface area contributed by atoms with Crippen LogP contribution in [0, 0.1) is 13.8 Å². The normalized spacial score (nSPS) is 12.2. The van der Waals surface area contributed by atoms with Crippen LogP contribution in [-0.4, -0.2) is 17.3 Å². The predicted octanol–water partition coefficient (Wildman–Crippen LogP) is 1.65. The summed E-state index contributed by atoms with van der Waals surface area (Å²) in [6.45, 7) is 4.05. The first-order valence-electron chi connectivity index (χ1n) is 6.05. The van der Waals surface area contributed by atoms with E-state index in [1.165, 1.54) is 0 Å². The van der Waals surface area contributed by atoms with Crippen LogP contribution in [0.2, 0.25) is 0 Å². The number of aromatic nitrogens is 2. The number of rotatable bonds is 4. The molecule has 5 heteroatoms. The lowest BCUT2D eigenvalue weighted by atomic mass is 9.94. The van der Waals surface area contributed by atoms with E-state index in [2.05, 4.69) is 21.7 Å². The minimum absolute atomic E-state index is 0.111. The molecule has 0 bridgehead atoms. The zero-order valence-corrected chi connectivity index (χ0v) is 11.3. The first kappa shape index (κ1) is 13.5. The van der Waals surface area contributed by atoms with Gasteiger partial charge in [0.25, 0.3) is 0 Å². The van der Waals surface area contributed by atoms with E-state index in [4.69, 9.17) is 10.6 Å². The van der Waals surface area contributed by atoms with Crippen molar-refractivity contribution in [3.63, 3.8) is 0 Å². The summed E-state index contributed by atoms with van der Waals surface area (Å²) >= 11 is 0. The van der Waals surface area contributed by atoms with Gasteiger partial charge in [-0.15, -0.1) is 0 Å². The van der Waals surface area contributed by atoms with Crippen molar-refractivity contribution in [3.05, 3.63) is 52.8 Å². The molecule has 0 radical (unpaired) electrons. The first-order valence-corrected chi connectivity index (χ1v) is 6.05. The second-order valence-electron chi connectivity index (χ2n) is 4.45. The maximum Gasteiger partial charge on any atom is 0.122 e. The highest BCUT2D eigenvalue weighted by Crippen LogP contribution is 2.29. The quantitative estimate of drug-likeness (QED) is 0.644. The topological polar surface area (TPSA) is 73.1 Å². The van der Waals surface area contributed by atoms with Crippen LogP contribution in [0.1, 0.15) is 28.3 Å². The lowest BCUT2D eigenvalue weighted by Gasteiger charge is -2.20. The number of nitrogens with two attached hydrogens (primary N) is 1. The van der Waals surface area contributed by atoms with Gasteiger partial charge >= 0.3 is 0 Å². The van der Waals surface area contributed by atoms with Crippen molar-refractivity contribution in [2.24, 2.45) is 5.84 Å². The Kier molecular flexibility index (Phi) is 4.09. The molecule has 3 N–H and O–H groups in total. The summed E-state index contributed by atoms with van der Waals surface area (Å²) in [5.41, 5.74) is 7.10. The largest absolute Gasteiger partial charge is 0.496 e. The van der Waals surface area contributed by atoms with Gasteiger partial charge in [0.05, 0.1) is 19.3 Å². The molecule has 0 saturated carbocycles. The lowest BCUT2D eigenvalue weighted by Crippen LogP contribution is -2.29. The number of nitrogens with zero attached hydrogens (tertiary/aromatic N) is 2. The van der Waals surface area contributed by atoms with Gasteiger partial charge in [0.1, 0.15) is 5.75 Å². The summed E-state index contributed by atoms with van der Waals surface area (Å²) < 4.78 is 5.33. The third kappa shape index (κ3) is 2.72. The second kappa shape index (κ2) is 5.77. The zero-order chi connectivity index (χ0) is 13.8. The third-order valence-electron chi connectivity index (χ3n) is 3.20. The Morgan fingerprint density at radius 2 is 2.00 bits per heavy atom. The molecule has 1 atom stereocenters. The third-order valence-corrected chi connectivity index (χ3v) is 3.20. The average molecular weight is 258 g/mol. The molecule has 0 fully saturated rings. The number of hydrogen-bond donors (Lipinski definition) is 2. The maximum absolute atomic E-state index is 5.70. The van der Waals surface area contributed by atoms with E-state index in [9.17, 15) is 0 Å². The van der Waals surface area contributed by atoms with Gasteiger partial charge in [0, 0.05) is 6.20 Å². The van der Waals surface area contributed by atoms with E-state index in [1.807, 2.05) is 26.0 Å². The Labute approximate surface area is 112 Å². The average Bonchev–Trinajstić information content (AvgIpc) is 2.44. The fraction of sp³-hybridized carbons (Fsp3) is 0.286. The predicted molar refractivity (Wildman–Crippen MR) is 73.7 cm³/mol. The van der Waals surface area contributed by atoms with Gasteiger partial charge in [0.2, 0.25) is 0 Å². The molecule has 19 heavy (non-hydrogen) atoms. The van der Waals surface area contributed by atoms with Crippen molar-refractivity contribution < 1.29 is 4.74 Å². The van der Waals surface area contributed by atoms with Crippen LogP contribution < -0.4 is 16.0 Å². The fourth-order valence-corrected chi connectivity index (χ4v) is 2.18. The van der Waals surface area contributed by atoms with Crippen LogP contribution >= 0.6 is 0 Å². The summed E-state index contributed by atoms with van der Waals surface area (Å²) in [5.74, 6) is 6.58. The van der Waals surface area contributed by atoms with Crippen molar-refractivity contribution in [1.82, 2.24) is 15.6 Å². The summed E-state index contributed by atoms with van der Waals surface area (Å²) in [5, 5.41) is 7.68. The van der Waals surface area contributed by atoms with E-state index in [0.717, 1.165) is 28.0 Å². The fourth-order valence-electron chi connectivity index (χ4n) is 2.18. The van der Waals surface area contributed by atoms with Crippen molar-refractivity contribution in [3.8, 4) is 5.75 Å². The first-order chi connectivity index (χ1) is 9.17. The summed E-state index contributed by atoms with van der Waals surface area (Å²) in [6, 6.07) is 5.89. The van der Waals surface area contributed by atoms with E-state index in [1.54, 1.807) is 19.5 Å². The molecular formula is C14H18N4O.